The zero-order valence-electron chi connectivity index (χ0n) is 20.2. The topological polar surface area (TPSA) is 135 Å². The summed E-state index contributed by atoms with van der Waals surface area (Å²) in [5.41, 5.74) is 5.09. The number of nitrogens with zero attached hydrogens (tertiary/aromatic N) is 3. The van der Waals surface area contributed by atoms with Crippen molar-refractivity contribution in [2.45, 2.75) is 26.9 Å². The van der Waals surface area contributed by atoms with Crippen LogP contribution in [0, 0.1) is 5.92 Å². The van der Waals surface area contributed by atoms with Gasteiger partial charge in [0.1, 0.15) is 17.9 Å². The Kier molecular flexibility index (Phi) is 6.61. The predicted octanol–water partition coefficient (Wildman–Crippen LogP) is 1.68. The van der Waals surface area contributed by atoms with Crippen LogP contribution in [0.3, 0.4) is 0 Å². The van der Waals surface area contributed by atoms with E-state index in [1.54, 1.807) is 53.1 Å². The number of aromatic nitrogens is 3. The molecule has 0 amide bonds. The minimum absolute atomic E-state index is 0.0328. The molecule has 4 aromatic rings. The zero-order valence-corrected chi connectivity index (χ0v) is 20.2. The van der Waals surface area contributed by atoms with Gasteiger partial charge in [-0.25, -0.2) is 4.79 Å². The van der Waals surface area contributed by atoms with E-state index < -0.39 is 35.2 Å². The number of carbonyl (C=O) groups excluding carboxylic acids is 2. The number of nitrogens with two attached hydrogens (primary N) is 1. The van der Waals surface area contributed by atoms with Crippen LogP contribution in [0.4, 0.5) is 5.82 Å². The highest BCUT2D eigenvalue weighted by molar-refractivity contribution is 6.01. The quantitative estimate of drug-likeness (QED) is 0.236. The van der Waals surface area contributed by atoms with Crippen LogP contribution in [0.2, 0.25) is 0 Å². The minimum Gasteiger partial charge on any atom is -0.456 e. The molecule has 0 saturated heterocycles. The van der Waals surface area contributed by atoms with E-state index in [1.807, 2.05) is 13.8 Å². The lowest BCUT2D eigenvalue weighted by Crippen LogP contribution is -2.43. The third-order valence-electron chi connectivity index (χ3n) is 5.94. The number of ketones is 1. The van der Waals surface area contributed by atoms with Crippen LogP contribution in [0.25, 0.3) is 21.8 Å². The first-order valence-corrected chi connectivity index (χ1v) is 11.4. The number of anilines is 1. The summed E-state index contributed by atoms with van der Waals surface area (Å²) in [6.07, 6.45) is 0. The standard InChI is InChI=1S/C26H26N4O6/c1-15(2)12-30-24(27)22(25(34)28(3)26(30)35)20(31)14-36-21(32)13-29-18-10-6-4-8-16(18)23(33)17-9-5-7-11-19(17)29/h4-11,15H,12-14,27H2,1-3H3. The molecule has 2 N–H and O–H groups in total. The summed E-state index contributed by atoms with van der Waals surface area (Å²) in [5.74, 6) is -1.78. The van der Waals surface area contributed by atoms with Gasteiger partial charge in [0.25, 0.3) is 5.56 Å². The molecular weight excluding hydrogens is 464 g/mol. The molecule has 10 heteroatoms. The molecule has 0 unspecified atom stereocenters. The van der Waals surface area contributed by atoms with Gasteiger partial charge in [-0.3, -0.25) is 28.3 Å². The third-order valence-corrected chi connectivity index (χ3v) is 5.94. The van der Waals surface area contributed by atoms with Crippen molar-refractivity contribution >= 4 is 39.4 Å². The zero-order chi connectivity index (χ0) is 26.1. The van der Waals surface area contributed by atoms with Crippen molar-refractivity contribution in [2.24, 2.45) is 13.0 Å². The smallest absolute Gasteiger partial charge is 0.332 e. The molecule has 2 aromatic carbocycles. The van der Waals surface area contributed by atoms with Gasteiger partial charge in [-0.05, 0) is 30.2 Å². The highest BCUT2D eigenvalue weighted by atomic mass is 16.5. The van der Waals surface area contributed by atoms with Gasteiger partial charge >= 0.3 is 11.7 Å². The largest absolute Gasteiger partial charge is 0.456 e. The number of rotatable bonds is 7. The highest BCUT2D eigenvalue weighted by Gasteiger charge is 2.23. The first kappa shape index (κ1) is 24.6. The number of carbonyl (C=O) groups is 2. The maximum Gasteiger partial charge on any atom is 0.332 e. The highest BCUT2D eigenvalue weighted by Crippen LogP contribution is 2.19. The van der Waals surface area contributed by atoms with Crippen LogP contribution >= 0.6 is 0 Å². The fourth-order valence-corrected chi connectivity index (χ4v) is 4.23. The molecule has 0 radical (unpaired) electrons. The van der Waals surface area contributed by atoms with Crippen LogP contribution in [-0.2, 0) is 29.7 Å². The number of nitrogen functional groups attached to an aromatic ring is 1. The number of ether oxygens (including phenoxy) is 1. The number of para-hydroxylation sites is 2. The maximum absolute atomic E-state index is 12.9. The van der Waals surface area contributed by atoms with E-state index in [1.165, 1.54) is 11.6 Å². The molecule has 0 saturated carbocycles. The first-order valence-electron chi connectivity index (χ1n) is 11.4. The van der Waals surface area contributed by atoms with E-state index in [-0.39, 0.29) is 30.3 Å². The van der Waals surface area contributed by atoms with Crippen LogP contribution in [0.1, 0.15) is 24.2 Å². The van der Waals surface area contributed by atoms with Crippen LogP contribution in [0.15, 0.2) is 62.9 Å². The van der Waals surface area contributed by atoms with Gasteiger partial charge in [0.2, 0.25) is 5.78 Å². The van der Waals surface area contributed by atoms with Crippen molar-refractivity contribution in [3.8, 4) is 0 Å². The molecule has 0 aliphatic heterocycles. The molecule has 2 aromatic heterocycles. The Morgan fingerprint density at radius 1 is 0.917 bits per heavy atom. The second kappa shape index (κ2) is 9.65. The molecule has 10 nitrogen and oxygen atoms in total. The maximum atomic E-state index is 12.9. The van der Waals surface area contributed by atoms with E-state index >= 15 is 0 Å². The molecule has 36 heavy (non-hydrogen) atoms. The second-order valence-electron chi connectivity index (χ2n) is 8.94. The molecule has 0 fully saturated rings. The fourth-order valence-electron chi connectivity index (χ4n) is 4.23. The Balaban J connectivity index is 1.63. The Morgan fingerprint density at radius 3 is 2.03 bits per heavy atom. The Labute approximate surface area is 205 Å². The number of pyridine rings is 1. The fraction of sp³-hybridized carbons (Fsp3) is 0.269. The van der Waals surface area contributed by atoms with Crippen molar-refractivity contribution in [1.82, 2.24) is 13.7 Å². The predicted molar refractivity (Wildman–Crippen MR) is 136 cm³/mol. The first-order chi connectivity index (χ1) is 17.1. The van der Waals surface area contributed by atoms with Crippen LogP contribution in [-0.4, -0.2) is 32.1 Å². The average Bonchev–Trinajstić information content (AvgIpc) is 2.86. The molecule has 0 spiro atoms. The second-order valence-corrected chi connectivity index (χ2v) is 8.94. The summed E-state index contributed by atoms with van der Waals surface area (Å²) in [6, 6.07) is 13.8. The number of hydrogen-bond donors (Lipinski definition) is 1. The number of fused-ring (bicyclic) bond motifs is 2. The van der Waals surface area contributed by atoms with Crippen molar-refractivity contribution < 1.29 is 14.3 Å². The molecule has 186 valence electrons. The van der Waals surface area contributed by atoms with Gasteiger partial charge in [0.15, 0.2) is 12.0 Å². The summed E-state index contributed by atoms with van der Waals surface area (Å²) in [5, 5.41) is 0.896. The number of Topliss-reactive ketones (excluding diaryl/α,β-unsaturated/α-hetero) is 1. The van der Waals surface area contributed by atoms with E-state index in [9.17, 15) is 24.0 Å². The number of benzene rings is 2. The van der Waals surface area contributed by atoms with Crippen molar-refractivity contribution in [1.29, 1.82) is 0 Å². The molecule has 4 rings (SSSR count). The Hall–Kier alpha value is -4.47. The van der Waals surface area contributed by atoms with Crippen molar-refractivity contribution in [3.63, 3.8) is 0 Å². The summed E-state index contributed by atoms with van der Waals surface area (Å²) in [7, 11) is 1.26. The average molecular weight is 491 g/mol. The van der Waals surface area contributed by atoms with Crippen LogP contribution < -0.4 is 22.4 Å². The molecule has 0 bridgehead atoms. The monoisotopic (exact) mass is 490 g/mol. The normalized spacial score (nSPS) is 11.3. The molecule has 0 aliphatic carbocycles. The third kappa shape index (κ3) is 4.33. The van der Waals surface area contributed by atoms with E-state index in [0.717, 1.165) is 4.57 Å². The molecular formula is C26H26N4O6. The van der Waals surface area contributed by atoms with Gasteiger partial charge in [0, 0.05) is 24.4 Å². The summed E-state index contributed by atoms with van der Waals surface area (Å²) in [4.78, 5) is 63.6. The van der Waals surface area contributed by atoms with Crippen molar-refractivity contribution in [2.75, 3.05) is 12.3 Å². The van der Waals surface area contributed by atoms with Gasteiger partial charge < -0.3 is 15.0 Å². The minimum atomic E-state index is -0.851. The van der Waals surface area contributed by atoms with Crippen molar-refractivity contribution in [3.05, 3.63) is 85.2 Å². The lowest BCUT2D eigenvalue weighted by molar-refractivity contribution is -0.143. The van der Waals surface area contributed by atoms with Gasteiger partial charge in [0.05, 0.1) is 11.0 Å². The van der Waals surface area contributed by atoms with Gasteiger partial charge in [-0.1, -0.05) is 38.1 Å². The lowest BCUT2D eigenvalue weighted by atomic mass is 10.1. The van der Waals surface area contributed by atoms with E-state index in [2.05, 4.69) is 0 Å². The summed E-state index contributed by atoms with van der Waals surface area (Å²) in [6.45, 7) is 2.95. The Bertz CT molecular complexity index is 1630. The van der Waals surface area contributed by atoms with E-state index in [4.69, 9.17) is 10.5 Å². The lowest BCUT2D eigenvalue weighted by Gasteiger charge is -2.16. The summed E-state index contributed by atoms with van der Waals surface area (Å²) < 4.78 is 8.84. The molecule has 2 heterocycles. The van der Waals surface area contributed by atoms with Gasteiger partial charge in [-0.15, -0.1) is 0 Å². The summed E-state index contributed by atoms with van der Waals surface area (Å²) >= 11 is 0. The SMILES string of the molecule is CC(C)Cn1c(N)c(C(=O)COC(=O)Cn2c3ccccc3c(=O)c3ccccc32)c(=O)n(C)c1=O. The molecule has 0 atom stereocenters. The van der Waals surface area contributed by atoms with Gasteiger partial charge in [-0.2, -0.15) is 0 Å². The number of esters is 1. The number of hydrogen-bond acceptors (Lipinski definition) is 7. The molecule has 0 aliphatic rings. The van der Waals surface area contributed by atoms with E-state index in [0.29, 0.717) is 21.8 Å². The Morgan fingerprint density at radius 2 is 1.47 bits per heavy atom. The van der Waals surface area contributed by atoms with Crippen LogP contribution in [0.5, 0.6) is 0 Å².